The number of allylic oxidation sites excluding steroid dienone is 4. The molecular weight excluding hydrogens is 146 g/mol. The predicted octanol–water partition coefficient (Wildman–Crippen LogP) is 3.54. The maximum Gasteiger partial charge on any atom is 0.0869 e. The van der Waals surface area contributed by atoms with Gasteiger partial charge in [-0.2, -0.15) is 0 Å². The van der Waals surface area contributed by atoms with Crippen molar-refractivity contribution in [2.24, 2.45) is 5.92 Å². The molecule has 0 unspecified atom stereocenters. The highest BCUT2D eigenvalue weighted by Gasteiger charge is 1.96. The summed E-state index contributed by atoms with van der Waals surface area (Å²) in [5.41, 5.74) is 0.765. The lowest BCUT2D eigenvalue weighted by atomic mass is 10.0. The zero-order chi connectivity index (χ0) is 8.69. The fourth-order valence-electron chi connectivity index (χ4n) is 0.661. The molecule has 0 aliphatic rings. The van der Waals surface area contributed by atoms with E-state index in [4.69, 9.17) is 0 Å². The molecule has 0 radical (unpaired) electrons. The standard InChI is InChI=1S/C9H12F2/c1-8(2)9(5-7-11)4-3-6-10/h3-8H,1-2H3/b6-3+,7-5+,9-4+. The first-order chi connectivity index (χ1) is 5.22. The Hall–Kier alpha value is -0.920. The van der Waals surface area contributed by atoms with E-state index in [1.165, 1.54) is 12.2 Å². The van der Waals surface area contributed by atoms with E-state index in [2.05, 4.69) is 0 Å². The molecule has 0 N–H and O–H groups in total. The first kappa shape index (κ1) is 10.1. The van der Waals surface area contributed by atoms with Gasteiger partial charge in [0, 0.05) is 0 Å². The molecule has 0 saturated heterocycles. The minimum absolute atomic E-state index is 0.207. The van der Waals surface area contributed by atoms with Crippen molar-refractivity contribution in [1.29, 1.82) is 0 Å². The van der Waals surface area contributed by atoms with Gasteiger partial charge in [-0.05, 0) is 23.6 Å². The van der Waals surface area contributed by atoms with Gasteiger partial charge in [-0.25, -0.2) is 8.78 Å². The Morgan fingerprint density at radius 3 is 2.18 bits per heavy atom. The second kappa shape index (κ2) is 5.83. The molecule has 2 heteroatoms. The summed E-state index contributed by atoms with van der Waals surface area (Å²) in [5.74, 6) is 0.207. The van der Waals surface area contributed by atoms with Crippen molar-refractivity contribution in [3.8, 4) is 0 Å². The summed E-state index contributed by atoms with van der Waals surface area (Å²) in [6.07, 6.45) is 4.99. The van der Waals surface area contributed by atoms with Crippen molar-refractivity contribution in [3.63, 3.8) is 0 Å². The molecule has 0 fully saturated rings. The van der Waals surface area contributed by atoms with E-state index in [1.54, 1.807) is 6.08 Å². The molecule has 0 bridgehead atoms. The summed E-state index contributed by atoms with van der Waals surface area (Å²) in [4.78, 5) is 0. The third-order valence-electron chi connectivity index (χ3n) is 1.28. The molecule has 0 aromatic heterocycles. The average molecular weight is 158 g/mol. The second-order valence-corrected chi connectivity index (χ2v) is 2.43. The molecule has 0 nitrogen and oxygen atoms in total. The van der Waals surface area contributed by atoms with E-state index in [9.17, 15) is 8.78 Å². The van der Waals surface area contributed by atoms with Crippen molar-refractivity contribution in [1.82, 2.24) is 0 Å². The summed E-state index contributed by atoms with van der Waals surface area (Å²) in [6.45, 7) is 3.83. The zero-order valence-corrected chi connectivity index (χ0v) is 6.72. The van der Waals surface area contributed by atoms with Gasteiger partial charge >= 0.3 is 0 Å². The largest absolute Gasteiger partial charge is 0.216 e. The number of hydrogen-bond donors (Lipinski definition) is 0. The van der Waals surface area contributed by atoms with Crippen LogP contribution in [0, 0.1) is 5.92 Å². The van der Waals surface area contributed by atoms with E-state index in [1.807, 2.05) is 13.8 Å². The van der Waals surface area contributed by atoms with Gasteiger partial charge < -0.3 is 0 Å². The first-order valence-corrected chi connectivity index (χ1v) is 3.46. The fraction of sp³-hybridized carbons (Fsp3) is 0.333. The van der Waals surface area contributed by atoms with Crippen LogP contribution >= 0.6 is 0 Å². The van der Waals surface area contributed by atoms with Crippen molar-refractivity contribution in [2.45, 2.75) is 13.8 Å². The second-order valence-electron chi connectivity index (χ2n) is 2.43. The van der Waals surface area contributed by atoms with Gasteiger partial charge in [0.2, 0.25) is 0 Å². The fourth-order valence-corrected chi connectivity index (χ4v) is 0.661. The van der Waals surface area contributed by atoms with Crippen LogP contribution in [-0.4, -0.2) is 0 Å². The summed E-state index contributed by atoms with van der Waals surface area (Å²) in [6, 6.07) is 0. The topological polar surface area (TPSA) is 0 Å². The van der Waals surface area contributed by atoms with Gasteiger partial charge in [0.15, 0.2) is 0 Å². The van der Waals surface area contributed by atoms with Crippen LogP contribution < -0.4 is 0 Å². The molecule has 0 spiro atoms. The third kappa shape index (κ3) is 4.48. The smallest absolute Gasteiger partial charge is 0.0869 e. The normalized spacial score (nSPS) is 14.1. The molecule has 0 heterocycles. The monoisotopic (exact) mass is 158 g/mol. The lowest BCUT2D eigenvalue weighted by Gasteiger charge is -2.02. The van der Waals surface area contributed by atoms with E-state index < -0.39 is 0 Å². The molecule has 11 heavy (non-hydrogen) atoms. The number of rotatable bonds is 3. The third-order valence-corrected chi connectivity index (χ3v) is 1.28. The van der Waals surface area contributed by atoms with Gasteiger partial charge in [-0.3, -0.25) is 0 Å². The van der Waals surface area contributed by atoms with Crippen LogP contribution in [0.1, 0.15) is 13.8 Å². The van der Waals surface area contributed by atoms with Crippen LogP contribution in [0.25, 0.3) is 0 Å². The molecule has 0 aromatic rings. The lowest BCUT2D eigenvalue weighted by molar-refractivity contribution is 0.709. The van der Waals surface area contributed by atoms with E-state index in [-0.39, 0.29) is 5.92 Å². The zero-order valence-electron chi connectivity index (χ0n) is 6.72. The van der Waals surface area contributed by atoms with Crippen molar-refractivity contribution in [3.05, 3.63) is 36.5 Å². The Kier molecular flexibility index (Phi) is 5.35. The Morgan fingerprint density at radius 1 is 1.18 bits per heavy atom. The molecule has 0 aliphatic carbocycles. The van der Waals surface area contributed by atoms with Crippen molar-refractivity contribution < 1.29 is 8.78 Å². The Morgan fingerprint density at radius 2 is 1.82 bits per heavy atom. The van der Waals surface area contributed by atoms with Gasteiger partial charge in [0.05, 0.1) is 12.7 Å². The Bertz CT molecular complexity index is 176. The quantitative estimate of drug-likeness (QED) is 0.551. The molecule has 0 amide bonds. The van der Waals surface area contributed by atoms with Crippen molar-refractivity contribution in [2.75, 3.05) is 0 Å². The van der Waals surface area contributed by atoms with Gasteiger partial charge in [-0.15, -0.1) is 0 Å². The van der Waals surface area contributed by atoms with Gasteiger partial charge in [0.1, 0.15) is 0 Å². The highest BCUT2D eigenvalue weighted by atomic mass is 19.1. The molecule has 62 valence electrons. The average Bonchev–Trinajstić information content (AvgIpc) is 1.97. The molecule has 0 aliphatic heterocycles. The van der Waals surface area contributed by atoms with Crippen LogP contribution in [0.3, 0.4) is 0 Å². The maximum absolute atomic E-state index is 11.7. The summed E-state index contributed by atoms with van der Waals surface area (Å²) in [5, 5.41) is 0. The molecule has 0 saturated carbocycles. The molecule has 0 rings (SSSR count). The van der Waals surface area contributed by atoms with Crippen LogP contribution in [0.5, 0.6) is 0 Å². The Balaban J connectivity index is 4.32. The van der Waals surface area contributed by atoms with Crippen LogP contribution in [0.15, 0.2) is 36.5 Å². The summed E-state index contributed by atoms with van der Waals surface area (Å²) >= 11 is 0. The summed E-state index contributed by atoms with van der Waals surface area (Å²) in [7, 11) is 0. The number of hydrogen-bond acceptors (Lipinski definition) is 0. The first-order valence-electron chi connectivity index (χ1n) is 3.46. The van der Waals surface area contributed by atoms with Crippen LogP contribution in [0.2, 0.25) is 0 Å². The maximum atomic E-state index is 11.7. The molecule has 0 aromatic carbocycles. The number of halogens is 2. The molecular formula is C9H12F2. The van der Waals surface area contributed by atoms with Gasteiger partial charge in [-0.1, -0.05) is 19.9 Å². The van der Waals surface area contributed by atoms with Gasteiger partial charge in [0.25, 0.3) is 0 Å². The van der Waals surface area contributed by atoms with Crippen LogP contribution in [0.4, 0.5) is 8.78 Å². The summed E-state index contributed by atoms with van der Waals surface area (Å²) < 4.78 is 23.2. The minimum atomic E-state index is 0.207. The van der Waals surface area contributed by atoms with E-state index in [0.29, 0.717) is 12.7 Å². The predicted molar refractivity (Wildman–Crippen MR) is 43.4 cm³/mol. The highest BCUT2D eigenvalue weighted by Crippen LogP contribution is 2.11. The van der Waals surface area contributed by atoms with E-state index >= 15 is 0 Å². The molecule has 0 atom stereocenters. The Labute approximate surface area is 65.9 Å². The van der Waals surface area contributed by atoms with Crippen molar-refractivity contribution >= 4 is 0 Å². The lowest BCUT2D eigenvalue weighted by Crippen LogP contribution is -1.88. The SMILES string of the molecule is CC(C)C(=C/C=C/F)/C=C/F. The minimum Gasteiger partial charge on any atom is -0.216 e. The van der Waals surface area contributed by atoms with Crippen LogP contribution in [-0.2, 0) is 0 Å². The highest BCUT2D eigenvalue weighted by molar-refractivity contribution is 5.23. The van der Waals surface area contributed by atoms with E-state index in [0.717, 1.165) is 5.57 Å².